The predicted octanol–water partition coefficient (Wildman–Crippen LogP) is 3.62. The van der Waals surface area contributed by atoms with Gasteiger partial charge in [0.05, 0.1) is 10.7 Å². The number of aliphatic imine (C=N–C) groups is 1. The Labute approximate surface area is 88.0 Å². The van der Waals surface area contributed by atoms with Gasteiger partial charge in [-0.25, -0.2) is 4.79 Å². The van der Waals surface area contributed by atoms with Crippen molar-refractivity contribution in [1.29, 1.82) is 0 Å². The second-order valence-corrected chi connectivity index (χ2v) is 3.64. The van der Waals surface area contributed by atoms with Crippen LogP contribution >= 0.6 is 23.4 Å². The van der Waals surface area contributed by atoms with Gasteiger partial charge in [0, 0.05) is 4.90 Å². The number of benzene rings is 1. The molecule has 1 aromatic rings. The van der Waals surface area contributed by atoms with Gasteiger partial charge in [0.25, 0.3) is 5.76 Å². The van der Waals surface area contributed by atoms with Crippen LogP contribution in [0.15, 0.2) is 28.1 Å². The Bertz CT molecular complexity index is 380. The van der Waals surface area contributed by atoms with E-state index in [0.717, 1.165) is 0 Å². The van der Waals surface area contributed by atoms with Crippen molar-refractivity contribution in [1.82, 2.24) is 0 Å². The molecule has 2 nitrogen and oxygen atoms in total. The van der Waals surface area contributed by atoms with E-state index in [1.165, 1.54) is 24.3 Å². The fraction of sp³-hybridized carbons (Fsp3) is 0.125. The van der Waals surface area contributed by atoms with Crippen LogP contribution in [-0.2, 0) is 4.79 Å². The van der Waals surface area contributed by atoms with E-state index in [0.29, 0.717) is 17.4 Å². The van der Waals surface area contributed by atoms with Gasteiger partial charge in [0.1, 0.15) is 0 Å². The summed E-state index contributed by atoms with van der Waals surface area (Å²) in [5.74, 6) is -2.52. The highest BCUT2D eigenvalue weighted by atomic mass is 35.5. The van der Waals surface area contributed by atoms with Crippen LogP contribution < -0.4 is 0 Å². The highest BCUT2D eigenvalue weighted by Crippen LogP contribution is 2.33. The van der Waals surface area contributed by atoms with E-state index >= 15 is 0 Å². The summed E-state index contributed by atoms with van der Waals surface area (Å²) in [5, 5.41) is 0.145. The van der Waals surface area contributed by atoms with Gasteiger partial charge in [-0.1, -0.05) is 23.4 Å². The molecule has 0 saturated carbocycles. The smallest absolute Gasteiger partial charge is 0.211 e. The maximum atomic E-state index is 12.0. The van der Waals surface area contributed by atoms with E-state index in [2.05, 4.69) is 4.99 Å². The van der Waals surface area contributed by atoms with Crippen molar-refractivity contribution in [2.75, 3.05) is 0 Å². The van der Waals surface area contributed by atoms with Gasteiger partial charge in [-0.3, -0.25) is 0 Å². The van der Waals surface area contributed by atoms with Gasteiger partial charge < -0.3 is 0 Å². The van der Waals surface area contributed by atoms with Crippen LogP contribution in [0, 0.1) is 0 Å². The topological polar surface area (TPSA) is 29.4 Å². The van der Waals surface area contributed by atoms with Gasteiger partial charge >= 0.3 is 0 Å². The molecule has 74 valence electrons. The monoisotopic (exact) mass is 235 g/mol. The second kappa shape index (κ2) is 5.10. The molecule has 0 spiro atoms. The standard InChI is InChI=1S/C8H4ClF2NOS/c9-6-3-5(12-4-13)1-2-7(6)14-8(10)11/h1-3,8H. The summed E-state index contributed by atoms with van der Waals surface area (Å²) in [5.41, 5.74) is 0.295. The first-order chi connectivity index (χ1) is 6.63. The molecule has 0 saturated heterocycles. The van der Waals surface area contributed by atoms with Crippen molar-refractivity contribution in [2.24, 2.45) is 4.99 Å². The molecular weight excluding hydrogens is 232 g/mol. The first kappa shape index (κ1) is 11.2. The number of alkyl halides is 2. The van der Waals surface area contributed by atoms with E-state index in [-0.39, 0.29) is 9.92 Å². The number of hydrogen-bond donors (Lipinski definition) is 0. The fourth-order valence-electron chi connectivity index (χ4n) is 0.804. The van der Waals surface area contributed by atoms with Crippen LogP contribution in [0.2, 0.25) is 5.02 Å². The number of isocyanates is 1. The molecule has 14 heavy (non-hydrogen) atoms. The predicted molar refractivity (Wildman–Crippen MR) is 51.1 cm³/mol. The van der Waals surface area contributed by atoms with Crippen LogP contribution in [-0.4, -0.2) is 11.8 Å². The highest BCUT2D eigenvalue weighted by Gasteiger charge is 2.09. The average Bonchev–Trinajstić information content (AvgIpc) is 2.10. The Kier molecular flexibility index (Phi) is 4.07. The summed E-state index contributed by atoms with van der Waals surface area (Å²) in [7, 11) is 0. The first-order valence-electron chi connectivity index (χ1n) is 3.45. The van der Waals surface area contributed by atoms with E-state index < -0.39 is 5.76 Å². The van der Waals surface area contributed by atoms with Crippen molar-refractivity contribution in [3.05, 3.63) is 23.2 Å². The van der Waals surface area contributed by atoms with Gasteiger partial charge in [0.2, 0.25) is 6.08 Å². The molecule has 0 fully saturated rings. The third-order valence-corrected chi connectivity index (χ3v) is 2.52. The first-order valence-corrected chi connectivity index (χ1v) is 4.71. The molecule has 0 radical (unpaired) electrons. The molecule has 0 aromatic heterocycles. The van der Waals surface area contributed by atoms with E-state index in [1.54, 1.807) is 0 Å². The maximum absolute atomic E-state index is 12.0. The second-order valence-electron chi connectivity index (χ2n) is 2.20. The molecule has 0 aliphatic rings. The summed E-state index contributed by atoms with van der Waals surface area (Å²) in [6, 6.07) is 4.13. The fourth-order valence-corrected chi connectivity index (χ4v) is 1.62. The lowest BCUT2D eigenvalue weighted by Crippen LogP contribution is -1.82. The summed E-state index contributed by atoms with van der Waals surface area (Å²) in [4.78, 5) is 13.4. The third kappa shape index (κ3) is 3.10. The van der Waals surface area contributed by atoms with Gasteiger partial charge in [-0.05, 0) is 18.2 Å². The number of hydrogen-bond acceptors (Lipinski definition) is 3. The maximum Gasteiger partial charge on any atom is 0.288 e. The molecule has 0 amide bonds. The summed E-state index contributed by atoms with van der Waals surface area (Å²) >= 11 is 6.01. The summed E-state index contributed by atoms with van der Waals surface area (Å²) < 4.78 is 23.9. The molecule has 0 atom stereocenters. The Hall–Kier alpha value is -0.900. The normalized spacial score (nSPS) is 10.0. The molecule has 0 aliphatic heterocycles. The molecular formula is C8H4ClF2NOS. The minimum atomic E-state index is -2.52. The van der Waals surface area contributed by atoms with Crippen molar-refractivity contribution >= 4 is 35.1 Å². The Morgan fingerprint density at radius 3 is 2.71 bits per heavy atom. The van der Waals surface area contributed by atoms with Crippen LogP contribution in [0.4, 0.5) is 14.5 Å². The minimum Gasteiger partial charge on any atom is -0.211 e. The largest absolute Gasteiger partial charge is 0.288 e. The zero-order chi connectivity index (χ0) is 10.6. The zero-order valence-electron chi connectivity index (χ0n) is 6.71. The Morgan fingerprint density at radius 2 is 2.21 bits per heavy atom. The van der Waals surface area contributed by atoms with Crippen LogP contribution in [0.1, 0.15) is 0 Å². The van der Waals surface area contributed by atoms with Crippen LogP contribution in [0.5, 0.6) is 0 Å². The minimum absolute atomic E-state index is 0.145. The summed E-state index contributed by atoms with van der Waals surface area (Å²) in [6.45, 7) is 0. The zero-order valence-corrected chi connectivity index (χ0v) is 8.28. The SMILES string of the molecule is O=C=Nc1ccc(SC(F)F)c(Cl)c1. The van der Waals surface area contributed by atoms with Gasteiger partial charge in [-0.2, -0.15) is 13.8 Å². The van der Waals surface area contributed by atoms with Crippen LogP contribution in [0.3, 0.4) is 0 Å². The molecule has 0 heterocycles. The lowest BCUT2D eigenvalue weighted by Gasteiger charge is -2.02. The Morgan fingerprint density at radius 1 is 1.50 bits per heavy atom. The molecule has 0 N–H and O–H groups in total. The van der Waals surface area contributed by atoms with Crippen molar-refractivity contribution in [3.8, 4) is 0 Å². The number of carbonyl (C=O) groups excluding carboxylic acids is 1. The average molecular weight is 236 g/mol. The highest BCUT2D eigenvalue weighted by molar-refractivity contribution is 7.99. The van der Waals surface area contributed by atoms with E-state index in [4.69, 9.17) is 11.6 Å². The van der Waals surface area contributed by atoms with Crippen molar-refractivity contribution < 1.29 is 13.6 Å². The number of nitrogens with zero attached hydrogens (tertiary/aromatic N) is 1. The third-order valence-electron chi connectivity index (χ3n) is 1.31. The molecule has 0 bridgehead atoms. The molecule has 0 unspecified atom stereocenters. The quantitative estimate of drug-likeness (QED) is 0.455. The molecule has 0 aliphatic carbocycles. The molecule has 1 rings (SSSR count). The summed E-state index contributed by atoms with van der Waals surface area (Å²) in [6.07, 6.45) is 1.33. The number of thioether (sulfide) groups is 1. The number of halogens is 3. The van der Waals surface area contributed by atoms with Crippen LogP contribution in [0.25, 0.3) is 0 Å². The van der Waals surface area contributed by atoms with E-state index in [1.807, 2.05) is 0 Å². The Balaban J connectivity index is 2.95. The lowest BCUT2D eigenvalue weighted by atomic mass is 10.3. The van der Waals surface area contributed by atoms with Gasteiger partial charge in [-0.15, -0.1) is 0 Å². The molecule has 1 aromatic carbocycles. The molecule has 6 heteroatoms. The lowest BCUT2D eigenvalue weighted by molar-refractivity contribution is 0.252. The van der Waals surface area contributed by atoms with Crippen molar-refractivity contribution in [2.45, 2.75) is 10.7 Å². The van der Waals surface area contributed by atoms with Crippen molar-refractivity contribution in [3.63, 3.8) is 0 Å². The van der Waals surface area contributed by atoms with Gasteiger partial charge in [0.15, 0.2) is 0 Å². The van der Waals surface area contributed by atoms with E-state index in [9.17, 15) is 13.6 Å². The number of rotatable bonds is 3.